The van der Waals surface area contributed by atoms with Crippen LogP contribution in [0.2, 0.25) is 0 Å². The SMILES string of the molecule is CC(C)(C)C(=O)N1CCC(C(=O)OCC(=O)N2CCN(S(C)(=O)=O)CC2)CC1. The van der Waals surface area contributed by atoms with Gasteiger partial charge in [-0.2, -0.15) is 4.31 Å². The van der Waals surface area contributed by atoms with Crippen molar-refractivity contribution < 1.29 is 27.5 Å². The molecule has 28 heavy (non-hydrogen) atoms. The number of esters is 1. The van der Waals surface area contributed by atoms with Crippen molar-refractivity contribution in [3.63, 3.8) is 0 Å². The molecule has 0 N–H and O–H groups in total. The third-order valence-electron chi connectivity index (χ3n) is 5.16. The minimum Gasteiger partial charge on any atom is -0.455 e. The van der Waals surface area contributed by atoms with E-state index in [1.165, 1.54) is 9.21 Å². The third kappa shape index (κ3) is 5.91. The number of carbonyl (C=O) groups excluding carboxylic acids is 3. The fourth-order valence-corrected chi connectivity index (χ4v) is 4.23. The van der Waals surface area contributed by atoms with Crippen molar-refractivity contribution in [1.29, 1.82) is 0 Å². The van der Waals surface area contributed by atoms with Gasteiger partial charge in [-0.3, -0.25) is 14.4 Å². The molecular formula is C18H31N3O6S. The lowest BCUT2D eigenvalue weighted by Gasteiger charge is -2.35. The second kappa shape index (κ2) is 8.77. The molecule has 2 aliphatic rings. The monoisotopic (exact) mass is 417 g/mol. The molecule has 0 aliphatic carbocycles. The van der Waals surface area contributed by atoms with Gasteiger partial charge in [-0.05, 0) is 12.8 Å². The minimum atomic E-state index is -3.25. The predicted molar refractivity (Wildman–Crippen MR) is 103 cm³/mol. The van der Waals surface area contributed by atoms with Crippen molar-refractivity contribution in [3.8, 4) is 0 Å². The number of likely N-dealkylation sites (tertiary alicyclic amines) is 1. The van der Waals surface area contributed by atoms with Crippen molar-refractivity contribution in [2.24, 2.45) is 11.3 Å². The van der Waals surface area contributed by atoms with Crippen LogP contribution in [0.25, 0.3) is 0 Å². The molecule has 2 saturated heterocycles. The molecule has 10 heteroatoms. The number of ether oxygens (including phenoxy) is 1. The number of hydrogen-bond donors (Lipinski definition) is 0. The molecule has 0 aromatic carbocycles. The number of piperidine rings is 1. The van der Waals surface area contributed by atoms with Gasteiger partial charge in [0, 0.05) is 44.7 Å². The Morgan fingerprint density at radius 2 is 1.46 bits per heavy atom. The van der Waals surface area contributed by atoms with E-state index in [9.17, 15) is 22.8 Å². The maximum Gasteiger partial charge on any atom is 0.309 e. The molecule has 2 heterocycles. The first-order valence-corrected chi connectivity index (χ1v) is 11.4. The summed E-state index contributed by atoms with van der Waals surface area (Å²) in [7, 11) is -3.25. The van der Waals surface area contributed by atoms with Crippen LogP contribution in [0.1, 0.15) is 33.6 Å². The zero-order valence-corrected chi connectivity index (χ0v) is 18.0. The molecule has 0 aromatic rings. The lowest BCUT2D eigenvalue weighted by atomic mass is 9.91. The summed E-state index contributed by atoms with van der Waals surface area (Å²) in [5, 5.41) is 0. The van der Waals surface area contributed by atoms with Gasteiger partial charge in [-0.15, -0.1) is 0 Å². The number of rotatable bonds is 4. The number of nitrogens with zero attached hydrogens (tertiary/aromatic N) is 3. The second-order valence-electron chi connectivity index (χ2n) is 8.47. The van der Waals surface area contributed by atoms with Crippen LogP contribution in [0.15, 0.2) is 0 Å². The molecule has 0 aromatic heterocycles. The summed E-state index contributed by atoms with van der Waals surface area (Å²) in [6.07, 6.45) is 2.20. The van der Waals surface area contributed by atoms with Crippen LogP contribution in [0.5, 0.6) is 0 Å². The van der Waals surface area contributed by atoms with Gasteiger partial charge in [0.05, 0.1) is 12.2 Å². The van der Waals surface area contributed by atoms with E-state index < -0.39 is 21.4 Å². The van der Waals surface area contributed by atoms with Crippen molar-refractivity contribution in [2.75, 3.05) is 52.1 Å². The van der Waals surface area contributed by atoms with Gasteiger partial charge in [-0.1, -0.05) is 20.8 Å². The van der Waals surface area contributed by atoms with E-state index in [1.807, 2.05) is 20.8 Å². The number of hydrogen-bond acceptors (Lipinski definition) is 6. The van der Waals surface area contributed by atoms with Crippen molar-refractivity contribution in [2.45, 2.75) is 33.6 Å². The zero-order valence-electron chi connectivity index (χ0n) is 17.1. The molecule has 0 spiro atoms. The quantitative estimate of drug-likeness (QED) is 0.593. The Bertz CT molecular complexity index is 699. The summed E-state index contributed by atoms with van der Waals surface area (Å²) in [5.74, 6) is -0.963. The number of piperazine rings is 1. The maximum absolute atomic E-state index is 12.3. The van der Waals surface area contributed by atoms with Gasteiger partial charge in [0.25, 0.3) is 5.91 Å². The van der Waals surface area contributed by atoms with Crippen LogP contribution in [0.4, 0.5) is 0 Å². The van der Waals surface area contributed by atoms with Crippen molar-refractivity contribution >= 4 is 27.8 Å². The second-order valence-corrected chi connectivity index (χ2v) is 10.4. The van der Waals surface area contributed by atoms with Gasteiger partial charge in [-0.25, -0.2) is 8.42 Å². The molecule has 0 saturated carbocycles. The molecule has 2 fully saturated rings. The molecule has 0 radical (unpaired) electrons. The van der Waals surface area contributed by atoms with E-state index in [0.29, 0.717) is 25.9 Å². The van der Waals surface area contributed by atoms with Crippen LogP contribution < -0.4 is 0 Å². The third-order valence-corrected chi connectivity index (χ3v) is 6.46. The Labute approximate surface area is 167 Å². The topological polar surface area (TPSA) is 104 Å². The van der Waals surface area contributed by atoms with Gasteiger partial charge >= 0.3 is 5.97 Å². The number of amides is 2. The number of sulfonamides is 1. The normalized spacial score (nSPS) is 20.1. The van der Waals surface area contributed by atoms with E-state index >= 15 is 0 Å². The van der Waals surface area contributed by atoms with E-state index in [-0.39, 0.29) is 50.5 Å². The first kappa shape index (κ1) is 22.6. The largest absolute Gasteiger partial charge is 0.455 e. The summed E-state index contributed by atoms with van der Waals surface area (Å²) >= 11 is 0. The Balaban J connectivity index is 1.73. The van der Waals surface area contributed by atoms with Crippen LogP contribution in [-0.2, 0) is 29.1 Å². The standard InChI is InChI=1S/C18H31N3O6S/c1-18(2,3)17(24)20-7-5-14(6-8-20)16(23)27-13-15(22)19-9-11-21(12-10-19)28(4,25)26/h14H,5-13H2,1-4H3. The first-order valence-electron chi connectivity index (χ1n) is 9.58. The predicted octanol–water partition coefficient (Wildman–Crippen LogP) is -0.0819. The van der Waals surface area contributed by atoms with E-state index in [1.54, 1.807) is 4.90 Å². The molecule has 0 atom stereocenters. The van der Waals surface area contributed by atoms with Crippen molar-refractivity contribution in [3.05, 3.63) is 0 Å². The maximum atomic E-state index is 12.3. The Kier molecular flexibility index (Phi) is 7.08. The van der Waals surface area contributed by atoms with Crippen LogP contribution in [-0.4, -0.2) is 92.4 Å². The Morgan fingerprint density at radius 1 is 0.929 bits per heavy atom. The highest BCUT2D eigenvalue weighted by Gasteiger charge is 2.33. The van der Waals surface area contributed by atoms with Gasteiger partial charge < -0.3 is 14.5 Å². The molecular weight excluding hydrogens is 386 g/mol. The zero-order chi connectivity index (χ0) is 21.1. The number of carbonyl (C=O) groups is 3. The fraction of sp³-hybridized carbons (Fsp3) is 0.833. The van der Waals surface area contributed by atoms with Crippen LogP contribution in [0, 0.1) is 11.3 Å². The average Bonchev–Trinajstić information content (AvgIpc) is 2.64. The van der Waals surface area contributed by atoms with Crippen LogP contribution >= 0.6 is 0 Å². The van der Waals surface area contributed by atoms with Crippen molar-refractivity contribution in [1.82, 2.24) is 14.1 Å². The fourth-order valence-electron chi connectivity index (χ4n) is 3.40. The summed E-state index contributed by atoms with van der Waals surface area (Å²) in [6, 6.07) is 0. The molecule has 160 valence electrons. The van der Waals surface area contributed by atoms with E-state index in [0.717, 1.165) is 6.26 Å². The first-order chi connectivity index (χ1) is 12.9. The van der Waals surface area contributed by atoms with Gasteiger partial charge in [0.2, 0.25) is 15.9 Å². The Morgan fingerprint density at radius 3 is 1.93 bits per heavy atom. The highest BCUT2D eigenvalue weighted by molar-refractivity contribution is 7.88. The van der Waals surface area contributed by atoms with Gasteiger partial charge in [0.15, 0.2) is 6.61 Å². The summed E-state index contributed by atoms with van der Waals surface area (Å²) in [5.41, 5.74) is -0.444. The van der Waals surface area contributed by atoms with E-state index in [2.05, 4.69) is 0 Å². The lowest BCUT2D eigenvalue weighted by Crippen LogP contribution is -2.51. The smallest absolute Gasteiger partial charge is 0.309 e. The molecule has 0 bridgehead atoms. The molecule has 9 nitrogen and oxygen atoms in total. The summed E-state index contributed by atoms with van der Waals surface area (Å²) in [6.45, 7) is 7.38. The Hall–Kier alpha value is -1.68. The summed E-state index contributed by atoms with van der Waals surface area (Å²) in [4.78, 5) is 40.1. The minimum absolute atomic E-state index is 0.0720. The highest BCUT2D eigenvalue weighted by atomic mass is 32.2. The molecule has 2 rings (SSSR count). The molecule has 0 unspecified atom stereocenters. The highest BCUT2D eigenvalue weighted by Crippen LogP contribution is 2.24. The lowest BCUT2D eigenvalue weighted by molar-refractivity contribution is -0.158. The van der Waals surface area contributed by atoms with Gasteiger partial charge in [0.1, 0.15) is 0 Å². The molecule has 2 aliphatic heterocycles. The van der Waals surface area contributed by atoms with Crippen LogP contribution in [0.3, 0.4) is 0 Å². The summed E-state index contributed by atoms with van der Waals surface area (Å²) < 4.78 is 29.5. The molecule has 2 amide bonds. The van der Waals surface area contributed by atoms with E-state index in [4.69, 9.17) is 4.74 Å². The average molecular weight is 418 g/mol.